The van der Waals surface area contributed by atoms with Crippen LogP contribution in [0.15, 0.2) is 0 Å². The number of rotatable bonds is 4. The van der Waals surface area contributed by atoms with Crippen LogP contribution in [0.1, 0.15) is 19.8 Å². The quantitative estimate of drug-likeness (QED) is 0.746. The lowest BCUT2D eigenvalue weighted by Gasteiger charge is -2.05. The second-order valence-corrected chi connectivity index (χ2v) is 4.57. The number of ether oxygens (including phenoxy) is 1. The molecular formula is C11H17F2NO2. The fourth-order valence-electron chi connectivity index (χ4n) is 2.71. The van der Waals surface area contributed by atoms with Gasteiger partial charge in [-0.05, 0) is 32.4 Å². The Hall–Kier alpha value is -0.710. The maximum Gasteiger partial charge on any atom is 0.306 e. The smallest absolute Gasteiger partial charge is 0.306 e. The van der Waals surface area contributed by atoms with Gasteiger partial charge < -0.3 is 10.1 Å². The van der Waals surface area contributed by atoms with Crippen LogP contribution in [0.5, 0.6) is 0 Å². The van der Waals surface area contributed by atoms with Gasteiger partial charge in [0.15, 0.2) is 0 Å². The molecule has 2 rings (SSSR count). The number of carbonyl (C=O) groups excluding carboxylic acids is 1. The standard InChI is InChI=1S/C11H17F2NO2/c1-2-16-9(15)5-8-10(11(8,12)13)7-3-4-14-6-7/h7-8,10,14H,2-6H2,1H3. The fourth-order valence-corrected chi connectivity index (χ4v) is 2.71. The number of hydrogen-bond donors (Lipinski definition) is 1. The van der Waals surface area contributed by atoms with E-state index in [2.05, 4.69) is 5.32 Å². The Kier molecular flexibility index (Phi) is 3.15. The molecule has 3 unspecified atom stereocenters. The van der Waals surface area contributed by atoms with E-state index >= 15 is 0 Å². The predicted octanol–water partition coefficient (Wildman–Crippen LogP) is 1.43. The highest BCUT2D eigenvalue weighted by Gasteiger charge is 2.70. The lowest BCUT2D eigenvalue weighted by Crippen LogP contribution is -2.13. The minimum Gasteiger partial charge on any atom is -0.466 e. The van der Waals surface area contributed by atoms with Crippen LogP contribution in [-0.4, -0.2) is 31.6 Å². The van der Waals surface area contributed by atoms with Crippen molar-refractivity contribution in [2.45, 2.75) is 25.7 Å². The molecule has 1 aliphatic carbocycles. The number of nitrogens with one attached hydrogen (secondary N) is 1. The molecule has 1 heterocycles. The van der Waals surface area contributed by atoms with Crippen molar-refractivity contribution in [1.82, 2.24) is 5.32 Å². The first-order valence-corrected chi connectivity index (χ1v) is 5.81. The van der Waals surface area contributed by atoms with Crippen LogP contribution in [-0.2, 0) is 9.53 Å². The zero-order chi connectivity index (χ0) is 11.8. The third-order valence-electron chi connectivity index (χ3n) is 3.56. The molecule has 2 fully saturated rings. The minimum atomic E-state index is -2.66. The summed E-state index contributed by atoms with van der Waals surface area (Å²) < 4.78 is 31.7. The number of carbonyl (C=O) groups is 1. The van der Waals surface area contributed by atoms with Crippen LogP contribution in [0.2, 0.25) is 0 Å². The van der Waals surface area contributed by atoms with Gasteiger partial charge in [0.2, 0.25) is 0 Å². The van der Waals surface area contributed by atoms with E-state index in [1.165, 1.54) is 0 Å². The van der Waals surface area contributed by atoms with Crippen molar-refractivity contribution in [2.24, 2.45) is 17.8 Å². The molecule has 0 amide bonds. The van der Waals surface area contributed by atoms with Crippen LogP contribution < -0.4 is 5.32 Å². The lowest BCUT2D eigenvalue weighted by atomic mass is 10.0. The van der Waals surface area contributed by atoms with Crippen LogP contribution >= 0.6 is 0 Å². The molecule has 3 nitrogen and oxygen atoms in total. The van der Waals surface area contributed by atoms with Crippen molar-refractivity contribution in [3.05, 3.63) is 0 Å². The van der Waals surface area contributed by atoms with Crippen molar-refractivity contribution in [3.8, 4) is 0 Å². The molecule has 5 heteroatoms. The van der Waals surface area contributed by atoms with E-state index in [0.29, 0.717) is 6.54 Å². The second-order valence-electron chi connectivity index (χ2n) is 4.57. The fraction of sp³-hybridized carbons (Fsp3) is 0.909. The molecule has 3 atom stereocenters. The second kappa shape index (κ2) is 4.28. The zero-order valence-corrected chi connectivity index (χ0v) is 9.34. The summed E-state index contributed by atoms with van der Waals surface area (Å²) in [6.07, 6.45) is 0.654. The summed E-state index contributed by atoms with van der Waals surface area (Å²) in [4.78, 5) is 11.2. The van der Waals surface area contributed by atoms with E-state index in [4.69, 9.17) is 4.74 Å². The van der Waals surface area contributed by atoms with Gasteiger partial charge in [-0.25, -0.2) is 8.78 Å². The van der Waals surface area contributed by atoms with Gasteiger partial charge >= 0.3 is 5.97 Å². The van der Waals surface area contributed by atoms with Crippen LogP contribution in [0.3, 0.4) is 0 Å². The van der Waals surface area contributed by atoms with Crippen molar-refractivity contribution in [1.29, 1.82) is 0 Å². The van der Waals surface area contributed by atoms with Crippen molar-refractivity contribution < 1.29 is 18.3 Å². The molecule has 0 aromatic rings. The highest BCUT2D eigenvalue weighted by Crippen LogP contribution is 2.61. The third-order valence-corrected chi connectivity index (χ3v) is 3.56. The molecule has 1 aliphatic heterocycles. The van der Waals surface area contributed by atoms with Gasteiger partial charge in [-0.3, -0.25) is 4.79 Å². The largest absolute Gasteiger partial charge is 0.466 e. The highest BCUT2D eigenvalue weighted by molar-refractivity contribution is 5.70. The first-order chi connectivity index (χ1) is 7.57. The Morgan fingerprint density at radius 3 is 2.88 bits per heavy atom. The lowest BCUT2D eigenvalue weighted by molar-refractivity contribution is -0.144. The van der Waals surface area contributed by atoms with Crippen LogP contribution in [0, 0.1) is 17.8 Å². The van der Waals surface area contributed by atoms with Gasteiger partial charge in [0.1, 0.15) is 0 Å². The summed E-state index contributed by atoms with van der Waals surface area (Å²) in [5.41, 5.74) is 0. The van der Waals surface area contributed by atoms with Crippen molar-refractivity contribution in [2.75, 3.05) is 19.7 Å². The summed E-state index contributed by atoms with van der Waals surface area (Å²) >= 11 is 0. The molecule has 0 radical (unpaired) electrons. The van der Waals surface area contributed by atoms with Gasteiger partial charge in [-0.15, -0.1) is 0 Å². The molecule has 1 saturated heterocycles. The zero-order valence-electron chi connectivity index (χ0n) is 9.34. The average Bonchev–Trinajstić information content (AvgIpc) is 2.65. The Balaban J connectivity index is 1.88. The molecule has 1 N–H and O–H groups in total. The summed E-state index contributed by atoms with van der Waals surface area (Å²) in [5, 5.41) is 3.08. The summed E-state index contributed by atoms with van der Waals surface area (Å²) in [5.74, 6) is -4.55. The molecular weight excluding hydrogens is 216 g/mol. The van der Waals surface area contributed by atoms with E-state index in [9.17, 15) is 13.6 Å². The first kappa shape index (κ1) is 11.8. The number of hydrogen-bond acceptors (Lipinski definition) is 3. The SMILES string of the molecule is CCOC(=O)CC1C(C2CCNC2)C1(F)F. The first-order valence-electron chi connectivity index (χ1n) is 5.81. The summed E-state index contributed by atoms with van der Waals surface area (Å²) in [6, 6.07) is 0. The van der Waals surface area contributed by atoms with E-state index in [0.717, 1.165) is 13.0 Å². The Morgan fingerprint density at radius 2 is 2.31 bits per heavy atom. The van der Waals surface area contributed by atoms with Crippen LogP contribution in [0.4, 0.5) is 8.78 Å². The topological polar surface area (TPSA) is 38.3 Å². The van der Waals surface area contributed by atoms with Gasteiger partial charge in [0, 0.05) is 11.8 Å². The van der Waals surface area contributed by atoms with Crippen molar-refractivity contribution in [3.63, 3.8) is 0 Å². The highest BCUT2D eigenvalue weighted by atomic mass is 19.3. The molecule has 0 bridgehead atoms. The Bertz CT molecular complexity index is 277. The van der Waals surface area contributed by atoms with Crippen molar-refractivity contribution >= 4 is 5.97 Å². The molecule has 2 aliphatic rings. The van der Waals surface area contributed by atoms with Gasteiger partial charge in [0.05, 0.1) is 13.0 Å². The monoisotopic (exact) mass is 233 g/mol. The summed E-state index contributed by atoms with van der Waals surface area (Å²) in [6.45, 7) is 3.40. The van der Waals surface area contributed by atoms with E-state index < -0.39 is 23.7 Å². The number of halogens is 2. The van der Waals surface area contributed by atoms with Gasteiger partial charge in [0.25, 0.3) is 5.92 Å². The maximum atomic E-state index is 13.5. The third kappa shape index (κ3) is 2.05. The number of alkyl halides is 2. The van der Waals surface area contributed by atoms with E-state index in [1.807, 2.05) is 0 Å². The predicted molar refractivity (Wildman–Crippen MR) is 54.2 cm³/mol. The summed E-state index contributed by atoms with van der Waals surface area (Å²) in [7, 11) is 0. The maximum absolute atomic E-state index is 13.5. The molecule has 0 spiro atoms. The Labute approximate surface area is 93.5 Å². The van der Waals surface area contributed by atoms with Crippen LogP contribution in [0.25, 0.3) is 0 Å². The normalized spacial score (nSPS) is 36.1. The van der Waals surface area contributed by atoms with Gasteiger partial charge in [-0.1, -0.05) is 0 Å². The molecule has 0 aromatic heterocycles. The molecule has 0 aromatic carbocycles. The van der Waals surface area contributed by atoms with E-state index in [-0.39, 0.29) is 18.9 Å². The van der Waals surface area contributed by atoms with E-state index in [1.54, 1.807) is 6.92 Å². The molecule has 92 valence electrons. The molecule has 16 heavy (non-hydrogen) atoms. The Morgan fingerprint density at radius 1 is 1.56 bits per heavy atom. The van der Waals surface area contributed by atoms with Gasteiger partial charge in [-0.2, -0.15) is 0 Å². The number of esters is 1. The average molecular weight is 233 g/mol. The molecule has 1 saturated carbocycles. The minimum absolute atomic E-state index is 0.0226.